The fourth-order valence-electron chi connectivity index (χ4n) is 2.78. The van der Waals surface area contributed by atoms with Crippen molar-refractivity contribution >= 4 is 11.9 Å². The van der Waals surface area contributed by atoms with Crippen LogP contribution >= 0.6 is 0 Å². The predicted molar refractivity (Wildman–Crippen MR) is 85.4 cm³/mol. The molecule has 23 heavy (non-hydrogen) atoms. The van der Waals surface area contributed by atoms with Crippen molar-refractivity contribution < 1.29 is 19.4 Å². The third-order valence-electron chi connectivity index (χ3n) is 4.39. The number of aromatic nitrogens is 1. The highest BCUT2D eigenvalue weighted by Gasteiger charge is 2.35. The molecule has 1 aromatic heterocycles. The van der Waals surface area contributed by atoms with E-state index in [4.69, 9.17) is 9.84 Å². The molecule has 126 valence electrons. The minimum Gasteiger partial charge on any atom is -0.481 e. The average Bonchev–Trinajstić information content (AvgIpc) is 2.53. The van der Waals surface area contributed by atoms with Crippen molar-refractivity contribution in [3.05, 3.63) is 29.6 Å². The first-order valence-corrected chi connectivity index (χ1v) is 7.96. The maximum Gasteiger partial charge on any atom is 0.303 e. The summed E-state index contributed by atoms with van der Waals surface area (Å²) in [7, 11) is 0. The molecule has 1 fully saturated rings. The van der Waals surface area contributed by atoms with Gasteiger partial charge in [0.15, 0.2) is 0 Å². The quantitative estimate of drug-likeness (QED) is 0.839. The van der Waals surface area contributed by atoms with E-state index in [1.165, 1.54) is 0 Å². The lowest BCUT2D eigenvalue weighted by Gasteiger charge is -2.36. The van der Waals surface area contributed by atoms with E-state index in [0.29, 0.717) is 44.2 Å². The molecule has 1 aromatic rings. The zero-order valence-corrected chi connectivity index (χ0v) is 13.7. The van der Waals surface area contributed by atoms with Crippen molar-refractivity contribution in [2.75, 3.05) is 19.8 Å². The van der Waals surface area contributed by atoms with Gasteiger partial charge in [-0.15, -0.1) is 0 Å². The molecule has 0 unspecified atom stereocenters. The van der Waals surface area contributed by atoms with Gasteiger partial charge in [-0.05, 0) is 30.4 Å². The zero-order valence-electron chi connectivity index (χ0n) is 13.7. The van der Waals surface area contributed by atoms with E-state index in [0.717, 1.165) is 5.56 Å². The Morgan fingerprint density at radius 3 is 2.57 bits per heavy atom. The Morgan fingerprint density at radius 1 is 1.35 bits per heavy atom. The van der Waals surface area contributed by atoms with Gasteiger partial charge in [0.05, 0.1) is 6.42 Å². The van der Waals surface area contributed by atoms with Crippen LogP contribution in [-0.4, -0.2) is 41.7 Å². The van der Waals surface area contributed by atoms with Crippen LogP contribution in [0.4, 0.5) is 0 Å². The first kappa shape index (κ1) is 17.4. The molecule has 0 saturated carbocycles. The molecule has 0 spiro atoms. The highest BCUT2D eigenvalue weighted by atomic mass is 16.5. The van der Waals surface area contributed by atoms with Crippen LogP contribution in [0, 0.1) is 5.41 Å². The van der Waals surface area contributed by atoms with Crippen molar-refractivity contribution in [3.63, 3.8) is 0 Å². The largest absolute Gasteiger partial charge is 0.481 e. The van der Waals surface area contributed by atoms with Gasteiger partial charge >= 0.3 is 5.97 Å². The Labute approximate surface area is 136 Å². The molecular formula is C17H24N2O4. The number of hydrogen-bond acceptors (Lipinski definition) is 4. The Morgan fingerprint density at radius 2 is 2.04 bits per heavy atom. The lowest BCUT2D eigenvalue weighted by molar-refractivity contribution is -0.141. The highest BCUT2D eigenvalue weighted by Crippen LogP contribution is 2.33. The van der Waals surface area contributed by atoms with Crippen molar-refractivity contribution in [2.24, 2.45) is 5.41 Å². The maximum atomic E-state index is 12.2. The predicted octanol–water partition coefficient (Wildman–Crippen LogP) is 2.21. The number of hydrogen-bond donors (Lipinski definition) is 2. The van der Waals surface area contributed by atoms with Crippen LogP contribution in [0.2, 0.25) is 0 Å². The van der Waals surface area contributed by atoms with E-state index >= 15 is 0 Å². The number of rotatable bonds is 6. The van der Waals surface area contributed by atoms with E-state index < -0.39 is 11.4 Å². The fraction of sp³-hybridized carbons (Fsp3) is 0.588. The number of carboxylic acid groups (broad SMARTS) is 1. The fourth-order valence-corrected chi connectivity index (χ4v) is 2.78. The zero-order chi connectivity index (χ0) is 16.9. The average molecular weight is 320 g/mol. The van der Waals surface area contributed by atoms with Crippen LogP contribution in [0.5, 0.6) is 0 Å². The summed E-state index contributed by atoms with van der Waals surface area (Å²) in [6, 6.07) is 3.60. The van der Waals surface area contributed by atoms with E-state index in [1.54, 1.807) is 12.3 Å². The first-order chi connectivity index (χ1) is 10.9. The summed E-state index contributed by atoms with van der Waals surface area (Å²) in [4.78, 5) is 27.6. The van der Waals surface area contributed by atoms with Crippen molar-refractivity contribution in [2.45, 2.75) is 39.0 Å². The second-order valence-electron chi connectivity index (χ2n) is 6.50. The summed E-state index contributed by atoms with van der Waals surface area (Å²) < 4.78 is 5.32. The summed E-state index contributed by atoms with van der Waals surface area (Å²) in [5, 5.41) is 12.0. The third-order valence-corrected chi connectivity index (χ3v) is 4.39. The number of aliphatic carboxylic acids is 1. The molecule has 6 heteroatoms. The maximum absolute atomic E-state index is 12.2. The molecule has 0 bridgehead atoms. The van der Waals surface area contributed by atoms with Gasteiger partial charge in [-0.2, -0.15) is 0 Å². The van der Waals surface area contributed by atoms with Crippen LogP contribution in [0.15, 0.2) is 18.3 Å². The molecule has 2 rings (SSSR count). The van der Waals surface area contributed by atoms with Gasteiger partial charge in [0.1, 0.15) is 5.69 Å². The van der Waals surface area contributed by atoms with Crippen LogP contribution in [0.1, 0.15) is 55.1 Å². The van der Waals surface area contributed by atoms with Crippen LogP contribution in [-0.2, 0) is 9.53 Å². The Balaban J connectivity index is 1.99. The normalized spacial score (nSPS) is 17.0. The topological polar surface area (TPSA) is 88.5 Å². The number of nitrogens with one attached hydrogen (secondary N) is 1. The number of nitrogens with zero attached hydrogens (tertiary/aromatic N) is 1. The number of ether oxygens (including phenoxy) is 1. The lowest BCUT2D eigenvalue weighted by atomic mass is 9.77. The van der Waals surface area contributed by atoms with Gasteiger partial charge in [0.2, 0.25) is 0 Å². The highest BCUT2D eigenvalue weighted by molar-refractivity contribution is 5.92. The molecule has 0 radical (unpaired) electrons. The van der Waals surface area contributed by atoms with Gasteiger partial charge in [0, 0.05) is 31.4 Å². The van der Waals surface area contributed by atoms with Gasteiger partial charge < -0.3 is 15.2 Å². The molecule has 1 saturated heterocycles. The van der Waals surface area contributed by atoms with Gasteiger partial charge in [-0.1, -0.05) is 19.9 Å². The summed E-state index contributed by atoms with van der Waals surface area (Å²) in [6.07, 6.45) is 3.02. The number of carbonyl (C=O) groups is 2. The van der Waals surface area contributed by atoms with Crippen molar-refractivity contribution in [3.8, 4) is 0 Å². The SMILES string of the molecule is CC(C)c1ccc(C(=O)NCC2(CC(=O)O)CCOCC2)nc1. The molecule has 0 aliphatic carbocycles. The van der Waals surface area contributed by atoms with Gasteiger partial charge in [-0.25, -0.2) is 0 Å². The van der Waals surface area contributed by atoms with Gasteiger partial charge in [0.25, 0.3) is 5.91 Å². The van der Waals surface area contributed by atoms with Gasteiger partial charge in [-0.3, -0.25) is 14.6 Å². The summed E-state index contributed by atoms with van der Waals surface area (Å²) in [5.41, 5.74) is 0.998. The molecule has 1 aliphatic rings. The van der Waals surface area contributed by atoms with Crippen LogP contribution < -0.4 is 5.32 Å². The lowest BCUT2D eigenvalue weighted by Crippen LogP contribution is -2.42. The second-order valence-corrected chi connectivity index (χ2v) is 6.50. The van der Waals surface area contributed by atoms with E-state index in [1.807, 2.05) is 6.07 Å². The Kier molecular flexibility index (Phi) is 5.71. The van der Waals surface area contributed by atoms with E-state index in [-0.39, 0.29) is 12.3 Å². The molecule has 2 heterocycles. The standard InChI is InChI=1S/C17H24N2O4/c1-12(2)13-3-4-14(18-10-13)16(22)19-11-17(9-15(20)21)5-7-23-8-6-17/h3-4,10,12H,5-9,11H2,1-2H3,(H,19,22)(H,20,21). The molecule has 0 atom stereocenters. The first-order valence-electron chi connectivity index (χ1n) is 7.96. The number of pyridine rings is 1. The molecular weight excluding hydrogens is 296 g/mol. The monoisotopic (exact) mass is 320 g/mol. The number of amides is 1. The Hall–Kier alpha value is -1.95. The molecule has 0 aromatic carbocycles. The molecule has 1 amide bonds. The minimum absolute atomic E-state index is 0.0381. The summed E-state index contributed by atoms with van der Waals surface area (Å²) >= 11 is 0. The second kappa shape index (κ2) is 7.55. The summed E-state index contributed by atoms with van der Waals surface area (Å²) in [6.45, 7) is 5.53. The molecule has 2 N–H and O–H groups in total. The van der Waals surface area contributed by atoms with Crippen LogP contribution in [0.25, 0.3) is 0 Å². The molecule has 1 aliphatic heterocycles. The minimum atomic E-state index is -0.847. The van der Waals surface area contributed by atoms with Crippen molar-refractivity contribution in [1.82, 2.24) is 10.3 Å². The Bertz CT molecular complexity index is 548. The van der Waals surface area contributed by atoms with Crippen LogP contribution in [0.3, 0.4) is 0 Å². The summed E-state index contributed by atoms with van der Waals surface area (Å²) in [5.74, 6) is -0.752. The van der Waals surface area contributed by atoms with E-state index in [2.05, 4.69) is 24.1 Å². The third kappa shape index (κ3) is 4.76. The molecule has 6 nitrogen and oxygen atoms in total. The smallest absolute Gasteiger partial charge is 0.303 e. The number of carboxylic acids is 1. The van der Waals surface area contributed by atoms with E-state index in [9.17, 15) is 9.59 Å². The van der Waals surface area contributed by atoms with Crippen molar-refractivity contribution in [1.29, 1.82) is 0 Å². The number of carbonyl (C=O) groups excluding carboxylic acids is 1.